The number of benzene rings is 1. The van der Waals surface area contributed by atoms with Gasteiger partial charge in [0.2, 0.25) is 11.1 Å². The van der Waals surface area contributed by atoms with E-state index in [0.717, 1.165) is 4.90 Å². The lowest BCUT2D eigenvalue weighted by molar-refractivity contribution is 0.374. The van der Waals surface area contributed by atoms with Gasteiger partial charge in [0.1, 0.15) is 0 Å². The van der Waals surface area contributed by atoms with Crippen LogP contribution in [0.5, 0.6) is 6.01 Å². The Morgan fingerprint density at radius 3 is 2.53 bits per heavy atom. The molecule has 1 N–H and O–H groups in total. The van der Waals surface area contributed by atoms with Crippen molar-refractivity contribution >= 4 is 17.7 Å². The average Bonchev–Trinajstić information content (AvgIpc) is 2.42. The summed E-state index contributed by atoms with van der Waals surface area (Å²) in [5.74, 6) is 0.498. The Hall–Kier alpha value is -1.82. The molecule has 2 rings (SSSR count). The van der Waals surface area contributed by atoms with Crippen LogP contribution in [0.4, 0.5) is 5.95 Å². The Morgan fingerprint density at radius 1 is 1.11 bits per heavy atom. The Bertz CT molecular complexity index is 567. The van der Waals surface area contributed by atoms with Crippen LogP contribution in [0.25, 0.3) is 0 Å². The third-order valence-corrected chi connectivity index (χ3v) is 3.54. The van der Waals surface area contributed by atoms with Crippen molar-refractivity contribution < 1.29 is 4.74 Å². The van der Waals surface area contributed by atoms with E-state index >= 15 is 0 Å². The third kappa shape index (κ3) is 3.35. The van der Waals surface area contributed by atoms with E-state index in [4.69, 9.17) is 4.74 Å². The maximum Gasteiger partial charge on any atom is 0.321 e. The van der Waals surface area contributed by atoms with Crippen molar-refractivity contribution in [1.29, 1.82) is 0 Å². The van der Waals surface area contributed by atoms with Crippen LogP contribution in [-0.4, -0.2) is 29.1 Å². The van der Waals surface area contributed by atoms with Crippen molar-refractivity contribution in [2.24, 2.45) is 0 Å². The van der Waals surface area contributed by atoms with Crippen molar-refractivity contribution in [2.75, 3.05) is 19.5 Å². The zero-order valence-corrected chi connectivity index (χ0v) is 12.2. The minimum Gasteiger partial charge on any atom is -0.467 e. The number of anilines is 1. The Kier molecular flexibility index (Phi) is 4.21. The first kappa shape index (κ1) is 13.6. The molecule has 0 fully saturated rings. The SMILES string of the molecule is CNc1nc(OC)nc(Sc2ccc(C)c(C)c2)n1. The average molecular weight is 276 g/mol. The first-order valence-electron chi connectivity index (χ1n) is 5.85. The molecule has 100 valence electrons. The molecular formula is C13H16N4OS. The highest BCUT2D eigenvalue weighted by molar-refractivity contribution is 7.99. The quantitative estimate of drug-likeness (QED) is 0.926. The van der Waals surface area contributed by atoms with Crippen LogP contribution in [0.3, 0.4) is 0 Å². The molecular weight excluding hydrogens is 260 g/mol. The molecule has 6 heteroatoms. The summed E-state index contributed by atoms with van der Waals surface area (Å²) in [6.07, 6.45) is 0. The molecule has 1 aromatic heterocycles. The standard InChI is InChI=1S/C13H16N4OS/c1-8-5-6-10(7-9(8)2)19-13-16-11(14-3)15-12(17-13)18-4/h5-7H,1-4H3,(H,14,15,16,17). The molecule has 0 saturated carbocycles. The van der Waals surface area contributed by atoms with E-state index in [0.29, 0.717) is 17.1 Å². The lowest BCUT2D eigenvalue weighted by Gasteiger charge is -2.06. The van der Waals surface area contributed by atoms with Gasteiger partial charge in [-0.15, -0.1) is 0 Å². The maximum absolute atomic E-state index is 5.06. The molecule has 0 spiro atoms. The van der Waals surface area contributed by atoms with E-state index in [-0.39, 0.29) is 0 Å². The summed E-state index contributed by atoms with van der Waals surface area (Å²) in [6.45, 7) is 4.18. The molecule has 1 aromatic carbocycles. The van der Waals surface area contributed by atoms with Gasteiger partial charge >= 0.3 is 6.01 Å². The number of aryl methyl sites for hydroxylation is 2. The van der Waals surface area contributed by atoms with Gasteiger partial charge in [-0.2, -0.15) is 15.0 Å². The molecule has 0 amide bonds. The van der Waals surface area contributed by atoms with Gasteiger partial charge in [0.15, 0.2) is 0 Å². The molecule has 0 saturated heterocycles. The molecule has 0 unspecified atom stereocenters. The predicted molar refractivity (Wildman–Crippen MR) is 76.0 cm³/mol. The van der Waals surface area contributed by atoms with Crippen LogP contribution < -0.4 is 10.1 Å². The number of nitrogens with zero attached hydrogens (tertiary/aromatic N) is 3. The van der Waals surface area contributed by atoms with E-state index in [2.05, 4.69) is 52.3 Å². The molecule has 0 atom stereocenters. The number of rotatable bonds is 4. The fourth-order valence-corrected chi connectivity index (χ4v) is 2.31. The second kappa shape index (κ2) is 5.88. The maximum atomic E-state index is 5.06. The van der Waals surface area contributed by atoms with Crippen molar-refractivity contribution in [3.63, 3.8) is 0 Å². The molecule has 5 nitrogen and oxygen atoms in total. The largest absolute Gasteiger partial charge is 0.467 e. The minimum atomic E-state index is 0.311. The first-order valence-corrected chi connectivity index (χ1v) is 6.67. The zero-order valence-electron chi connectivity index (χ0n) is 11.4. The topological polar surface area (TPSA) is 59.9 Å². The molecule has 0 bridgehead atoms. The number of hydrogen-bond acceptors (Lipinski definition) is 6. The summed E-state index contributed by atoms with van der Waals surface area (Å²) in [5.41, 5.74) is 2.52. The summed E-state index contributed by atoms with van der Waals surface area (Å²) in [6, 6.07) is 6.58. The molecule has 0 aliphatic heterocycles. The first-order chi connectivity index (χ1) is 9.12. The second-order valence-electron chi connectivity index (χ2n) is 4.03. The minimum absolute atomic E-state index is 0.311. The Balaban J connectivity index is 2.29. The van der Waals surface area contributed by atoms with Crippen molar-refractivity contribution in [1.82, 2.24) is 15.0 Å². The van der Waals surface area contributed by atoms with Gasteiger partial charge in [-0.05, 0) is 48.9 Å². The Labute approximate surface area is 116 Å². The summed E-state index contributed by atoms with van der Waals surface area (Å²) in [7, 11) is 3.30. The van der Waals surface area contributed by atoms with Crippen LogP contribution in [0.15, 0.2) is 28.3 Å². The number of methoxy groups -OCH3 is 1. The van der Waals surface area contributed by atoms with Gasteiger partial charge in [-0.25, -0.2) is 0 Å². The molecule has 0 aliphatic rings. The van der Waals surface area contributed by atoms with Crippen LogP contribution in [0.1, 0.15) is 11.1 Å². The fourth-order valence-electron chi connectivity index (χ4n) is 1.47. The molecule has 19 heavy (non-hydrogen) atoms. The zero-order chi connectivity index (χ0) is 13.8. The van der Waals surface area contributed by atoms with Gasteiger partial charge in [0.25, 0.3) is 0 Å². The van der Waals surface area contributed by atoms with E-state index in [1.54, 1.807) is 14.2 Å². The molecule has 0 radical (unpaired) electrons. The van der Waals surface area contributed by atoms with E-state index in [1.807, 2.05) is 0 Å². The highest BCUT2D eigenvalue weighted by Gasteiger charge is 2.08. The monoisotopic (exact) mass is 276 g/mol. The van der Waals surface area contributed by atoms with Crippen molar-refractivity contribution in [3.8, 4) is 6.01 Å². The lowest BCUT2D eigenvalue weighted by Crippen LogP contribution is -2.02. The van der Waals surface area contributed by atoms with E-state index in [1.165, 1.54) is 22.9 Å². The smallest absolute Gasteiger partial charge is 0.321 e. The highest BCUT2D eigenvalue weighted by Crippen LogP contribution is 2.27. The van der Waals surface area contributed by atoms with Crippen LogP contribution in [0, 0.1) is 13.8 Å². The van der Waals surface area contributed by atoms with E-state index in [9.17, 15) is 0 Å². The third-order valence-electron chi connectivity index (χ3n) is 2.69. The number of aromatic nitrogens is 3. The molecule has 1 heterocycles. The predicted octanol–water partition coefficient (Wildman–Crippen LogP) is 2.69. The fraction of sp³-hybridized carbons (Fsp3) is 0.308. The van der Waals surface area contributed by atoms with Crippen molar-refractivity contribution in [3.05, 3.63) is 29.3 Å². The number of hydrogen-bond donors (Lipinski definition) is 1. The highest BCUT2D eigenvalue weighted by atomic mass is 32.2. The van der Waals surface area contributed by atoms with Gasteiger partial charge in [-0.3, -0.25) is 0 Å². The Morgan fingerprint density at radius 2 is 1.89 bits per heavy atom. The summed E-state index contributed by atoms with van der Waals surface area (Å²) >= 11 is 1.49. The van der Waals surface area contributed by atoms with Gasteiger partial charge in [0.05, 0.1) is 7.11 Å². The van der Waals surface area contributed by atoms with Crippen LogP contribution >= 0.6 is 11.8 Å². The van der Waals surface area contributed by atoms with Crippen LogP contribution in [0.2, 0.25) is 0 Å². The summed E-state index contributed by atoms with van der Waals surface area (Å²) in [4.78, 5) is 13.7. The number of nitrogens with one attached hydrogen (secondary N) is 1. The summed E-state index contributed by atoms with van der Waals surface area (Å²) < 4.78 is 5.06. The van der Waals surface area contributed by atoms with Gasteiger partial charge in [-0.1, -0.05) is 6.07 Å². The summed E-state index contributed by atoms with van der Waals surface area (Å²) in [5, 5.41) is 3.50. The second-order valence-corrected chi connectivity index (χ2v) is 5.07. The van der Waals surface area contributed by atoms with Gasteiger partial charge < -0.3 is 10.1 Å². The van der Waals surface area contributed by atoms with E-state index < -0.39 is 0 Å². The normalized spacial score (nSPS) is 10.3. The van der Waals surface area contributed by atoms with Gasteiger partial charge in [0, 0.05) is 11.9 Å². The number of ether oxygens (including phenoxy) is 1. The van der Waals surface area contributed by atoms with Crippen molar-refractivity contribution in [2.45, 2.75) is 23.9 Å². The lowest BCUT2D eigenvalue weighted by atomic mass is 10.1. The molecule has 0 aliphatic carbocycles. The van der Waals surface area contributed by atoms with Crippen LogP contribution in [-0.2, 0) is 0 Å². The molecule has 2 aromatic rings.